The van der Waals surface area contributed by atoms with Gasteiger partial charge in [-0.1, -0.05) is 11.6 Å². The summed E-state index contributed by atoms with van der Waals surface area (Å²) in [6.45, 7) is -2.91. The van der Waals surface area contributed by atoms with Gasteiger partial charge in [0.05, 0.1) is 16.9 Å². The molecular weight excluding hydrogens is 427 g/mol. The maximum Gasteiger partial charge on any atom is 0.388 e. The summed E-state index contributed by atoms with van der Waals surface area (Å²) in [6.07, 6.45) is 2.47. The maximum atomic E-state index is 13.3. The monoisotopic (exact) mass is 445 g/mol. The molecule has 1 aromatic carbocycles. The third-order valence-electron chi connectivity index (χ3n) is 3.64. The highest BCUT2D eigenvalue weighted by atomic mass is 35.5. The first-order valence-electron chi connectivity index (χ1n) is 8.89. The van der Waals surface area contributed by atoms with E-state index in [1.807, 2.05) is 0 Å². The van der Waals surface area contributed by atoms with Crippen LogP contribution in [0.3, 0.4) is 0 Å². The van der Waals surface area contributed by atoms with Gasteiger partial charge in [0, 0.05) is 25.1 Å². The molecule has 0 aliphatic heterocycles. The molecule has 1 heterocycles. The fourth-order valence-electron chi connectivity index (χ4n) is 2.24. The van der Waals surface area contributed by atoms with Gasteiger partial charge in [-0.25, -0.2) is 9.37 Å². The van der Waals surface area contributed by atoms with Crippen LogP contribution in [0.5, 0.6) is 11.6 Å². The van der Waals surface area contributed by atoms with E-state index in [0.29, 0.717) is 25.1 Å². The van der Waals surface area contributed by atoms with E-state index in [1.165, 1.54) is 30.5 Å². The third kappa shape index (κ3) is 8.56. The summed E-state index contributed by atoms with van der Waals surface area (Å²) >= 11 is 5.56. The number of halogens is 4. The van der Waals surface area contributed by atoms with Gasteiger partial charge in [-0.15, -0.1) is 0 Å². The van der Waals surface area contributed by atoms with Crippen molar-refractivity contribution in [1.29, 1.82) is 0 Å². The number of anilines is 1. The van der Waals surface area contributed by atoms with Gasteiger partial charge in [0.25, 0.3) is 5.91 Å². The fraction of sp³-hybridized carbons (Fsp3) is 0.316. The molecule has 0 aliphatic carbocycles. The second-order valence-corrected chi connectivity index (χ2v) is 6.39. The summed E-state index contributed by atoms with van der Waals surface area (Å²) in [6, 6.07) is 6.49. The van der Waals surface area contributed by atoms with E-state index in [1.54, 1.807) is 0 Å². The van der Waals surface area contributed by atoms with Crippen LogP contribution in [0.25, 0.3) is 0 Å². The predicted octanol–water partition coefficient (Wildman–Crippen LogP) is 3.78. The van der Waals surface area contributed by atoms with Crippen molar-refractivity contribution in [3.05, 3.63) is 47.4 Å². The number of pyridine rings is 1. The fourth-order valence-corrected chi connectivity index (χ4v) is 2.36. The van der Waals surface area contributed by atoms with Crippen LogP contribution >= 0.6 is 11.6 Å². The van der Waals surface area contributed by atoms with Gasteiger partial charge >= 0.3 is 6.61 Å². The molecule has 1 aromatic heterocycles. The van der Waals surface area contributed by atoms with Crippen LogP contribution in [-0.4, -0.2) is 36.6 Å². The summed E-state index contributed by atoms with van der Waals surface area (Å²) in [7, 11) is 0. The number of carbonyl (C=O) groups excluding carboxylic acids is 2. The minimum Gasteiger partial charge on any atom is -0.484 e. The van der Waals surface area contributed by atoms with Gasteiger partial charge in [-0.3, -0.25) is 9.59 Å². The number of hydrogen-bond donors (Lipinski definition) is 2. The topological polar surface area (TPSA) is 89.5 Å². The van der Waals surface area contributed by atoms with Gasteiger partial charge in [-0.05, 0) is 31.0 Å². The average Bonchev–Trinajstić information content (AvgIpc) is 2.69. The van der Waals surface area contributed by atoms with Crippen molar-refractivity contribution in [2.45, 2.75) is 25.9 Å². The summed E-state index contributed by atoms with van der Waals surface area (Å²) in [4.78, 5) is 27.2. The molecule has 2 amide bonds. The lowest BCUT2D eigenvalue weighted by atomic mass is 10.2. The van der Waals surface area contributed by atoms with Crippen molar-refractivity contribution in [3.63, 3.8) is 0 Å². The molecule has 2 N–H and O–H groups in total. The number of hydrogen-bond acceptors (Lipinski definition) is 5. The molecule has 0 bridgehead atoms. The van der Waals surface area contributed by atoms with Crippen LogP contribution < -0.4 is 20.1 Å². The number of unbranched alkanes of at least 4 members (excludes halogenated alkanes) is 1. The Kier molecular flexibility index (Phi) is 9.20. The zero-order valence-corrected chi connectivity index (χ0v) is 16.4. The molecule has 162 valence electrons. The van der Waals surface area contributed by atoms with Crippen LogP contribution in [0.15, 0.2) is 36.5 Å². The highest BCUT2D eigenvalue weighted by molar-refractivity contribution is 6.30. The number of rotatable bonds is 11. The van der Waals surface area contributed by atoms with E-state index in [2.05, 4.69) is 20.4 Å². The van der Waals surface area contributed by atoms with Crippen molar-refractivity contribution in [3.8, 4) is 11.6 Å². The van der Waals surface area contributed by atoms with Crippen LogP contribution in [-0.2, 0) is 9.59 Å². The van der Waals surface area contributed by atoms with Crippen LogP contribution in [0.2, 0.25) is 5.02 Å². The summed E-state index contributed by atoms with van der Waals surface area (Å²) in [5.41, 5.74) is 0.353. The van der Waals surface area contributed by atoms with Crippen LogP contribution in [0.1, 0.15) is 19.3 Å². The summed E-state index contributed by atoms with van der Waals surface area (Å²) in [5.74, 6) is -1.36. The number of alkyl halides is 2. The minimum absolute atomic E-state index is 0.0372. The molecule has 0 saturated carbocycles. The van der Waals surface area contributed by atoms with E-state index in [4.69, 9.17) is 16.3 Å². The zero-order valence-electron chi connectivity index (χ0n) is 15.7. The van der Waals surface area contributed by atoms with E-state index >= 15 is 0 Å². The Bertz CT molecular complexity index is 853. The zero-order chi connectivity index (χ0) is 21.9. The standard InChI is InChI=1S/C19H19ClF3N3O4/c20-14-6-5-13(9-15(14)21)29-11-17(28)24-8-2-1-3-16(27)26-12-4-7-18(25-10-12)30-19(22)23/h4-7,9-10,19H,1-3,8,11H2,(H,24,28)(H,26,27). The molecule has 0 aliphatic rings. The second kappa shape index (κ2) is 11.9. The first-order chi connectivity index (χ1) is 14.3. The number of benzene rings is 1. The number of nitrogens with zero attached hydrogens (tertiary/aromatic N) is 1. The molecule has 0 unspecified atom stereocenters. The Morgan fingerprint density at radius 2 is 1.93 bits per heavy atom. The number of nitrogens with one attached hydrogen (secondary N) is 2. The molecule has 0 atom stereocenters. The average molecular weight is 446 g/mol. The maximum absolute atomic E-state index is 13.3. The highest BCUT2D eigenvalue weighted by Gasteiger charge is 2.08. The highest BCUT2D eigenvalue weighted by Crippen LogP contribution is 2.20. The van der Waals surface area contributed by atoms with E-state index < -0.39 is 12.4 Å². The molecule has 0 saturated heterocycles. The summed E-state index contributed by atoms with van der Waals surface area (Å²) in [5, 5.41) is 5.16. The third-order valence-corrected chi connectivity index (χ3v) is 3.95. The molecular formula is C19H19ClF3N3O4. The predicted molar refractivity (Wildman–Crippen MR) is 103 cm³/mol. The van der Waals surface area contributed by atoms with E-state index in [0.717, 1.165) is 6.07 Å². The Morgan fingerprint density at radius 3 is 2.60 bits per heavy atom. The van der Waals surface area contributed by atoms with Crippen molar-refractivity contribution in [1.82, 2.24) is 10.3 Å². The molecule has 0 fully saturated rings. The van der Waals surface area contributed by atoms with E-state index in [9.17, 15) is 22.8 Å². The number of aromatic nitrogens is 1. The first-order valence-corrected chi connectivity index (χ1v) is 9.26. The van der Waals surface area contributed by atoms with E-state index in [-0.39, 0.29) is 41.5 Å². The SMILES string of the molecule is O=C(COc1ccc(Cl)c(F)c1)NCCCCC(=O)Nc1ccc(OC(F)F)nc1. The van der Waals surface area contributed by atoms with Gasteiger partial charge in [0.1, 0.15) is 11.6 Å². The molecule has 11 heteroatoms. The van der Waals surface area contributed by atoms with Crippen molar-refractivity contribution in [2.24, 2.45) is 0 Å². The second-order valence-electron chi connectivity index (χ2n) is 5.98. The lowest BCUT2D eigenvalue weighted by Gasteiger charge is -2.08. The van der Waals surface area contributed by atoms with Gasteiger partial charge in [0.2, 0.25) is 11.8 Å². The Hall–Kier alpha value is -3.01. The van der Waals surface area contributed by atoms with Gasteiger partial charge in [0.15, 0.2) is 6.61 Å². The van der Waals surface area contributed by atoms with Crippen molar-refractivity contribution < 1.29 is 32.2 Å². The van der Waals surface area contributed by atoms with Gasteiger partial charge in [-0.2, -0.15) is 8.78 Å². The molecule has 7 nitrogen and oxygen atoms in total. The number of amides is 2. The Balaban J connectivity index is 1.57. The Morgan fingerprint density at radius 1 is 1.13 bits per heavy atom. The lowest BCUT2D eigenvalue weighted by molar-refractivity contribution is -0.123. The van der Waals surface area contributed by atoms with Crippen molar-refractivity contribution >= 4 is 29.1 Å². The molecule has 2 rings (SSSR count). The number of ether oxygens (including phenoxy) is 2. The normalized spacial score (nSPS) is 10.6. The molecule has 0 spiro atoms. The largest absolute Gasteiger partial charge is 0.484 e. The van der Waals surface area contributed by atoms with Crippen LogP contribution in [0, 0.1) is 5.82 Å². The molecule has 2 aromatic rings. The first kappa shape index (κ1) is 23.3. The van der Waals surface area contributed by atoms with Crippen LogP contribution in [0.4, 0.5) is 18.9 Å². The molecule has 0 radical (unpaired) electrons. The van der Waals surface area contributed by atoms with Gasteiger partial charge < -0.3 is 20.1 Å². The minimum atomic E-state index is -2.97. The summed E-state index contributed by atoms with van der Waals surface area (Å²) < 4.78 is 46.7. The number of carbonyl (C=O) groups is 2. The van der Waals surface area contributed by atoms with Crippen molar-refractivity contribution in [2.75, 3.05) is 18.5 Å². The lowest BCUT2D eigenvalue weighted by Crippen LogP contribution is -2.29. The quantitative estimate of drug-likeness (QED) is 0.514. The Labute approximate surface area is 175 Å². The smallest absolute Gasteiger partial charge is 0.388 e. The molecule has 30 heavy (non-hydrogen) atoms.